The lowest BCUT2D eigenvalue weighted by molar-refractivity contribution is -0.142. The van der Waals surface area contributed by atoms with Gasteiger partial charge in [-0.25, -0.2) is 4.79 Å². The third-order valence-corrected chi connectivity index (χ3v) is 6.26. The molecule has 0 aliphatic rings. The van der Waals surface area contributed by atoms with Gasteiger partial charge < -0.3 is 14.0 Å². The fourth-order valence-corrected chi connectivity index (χ4v) is 4.48. The predicted molar refractivity (Wildman–Crippen MR) is 141 cm³/mol. The molecule has 0 bridgehead atoms. The molecule has 1 unspecified atom stereocenters. The first-order valence-corrected chi connectivity index (χ1v) is 12.2. The number of hydrogen-bond donors (Lipinski definition) is 1. The number of nitrogens with zero attached hydrogens (tertiary/aromatic N) is 1. The molecule has 0 amide bonds. The Kier molecular flexibility index (Phi) is 8.48. The third kappa shape index (κ3) is 6.32. The van der Waals surface area contributed by atoms with Gasteiger partial charge in [0.15, 0.2) is 0 Å². The fraction of sp³-hybridized carbons (Fsp3) is 0.233. The summed E-state index contributed by atoms with van der Waals surface area (Å²) >= 11 is 0. The molecule has 1 atom stereocenters. The van der Waals surface area contributed by atoms with Gasteiger partial charge in [0, 0.05) is 38.3 Å². The number of nitrogens with one attached hydrogen (secondary N) is 1. The quantitative estimate of drug-likeness (QED) is 0.248. The largest absolute Gasteiger partial charge is 0.466 e. The van der Waals surface area contributed by atoms with E-state index in [0.717, 1.165) is 16.7 Å². The number of H-pyrrole nitrogens is 1. The Hall–Kier alpha value is -4.23. The zero-order chi connectivity index (χ0) is 26.1. The summed E-state index contributed by atoms with van der Waals surface area (Å²) in [4.78, 5) is 37.5. The Balaban J connectivity index is 1.66. The van der Waals surface area contributed by atoms with E-state index in [0.29, 0.717) is 13.0 Å². The lowest BCUT2D eigenvalue weighted by Crippen LogP contribution is -2.35. The maximum Gasteiger partial charge on any atom is 0.328 e. The Morgan fingerprint density at radius 3 is 1.81 bits per heavy atom. The molecule has 0 spiro atoms. The first-order chi connectivity index (χ1) is 18.0. The van der Waals surface area contributed by atoms with Crippen LogP contribution in [0.5, 0.6) is 0 Å². The molecule has 0 aliphatic heterocycles. The minimum Gasteiger partial charge on any atom is -0.466 e. The van der Waals surface area contributed by atoms with Gasteiger partial charge in [0.05, 0.1) is 6.61 Å². The molecule has 3 aromatic carbocycles. The van der Waals surface area contributed by atoms with Gasteiger partial charge in [0.1, 0.15) is 5.60 Å². The normalized spacial score (nSPS) is 12.1. The monoisotopic (exact) mass is 498 g/mol. The summed E-state index contributed by atoms with van der Waals surface area (Å²) in [5, 5.41) is 0. The Labute approximate surface area is 215 Å². The van der Waals surface area contributed by atoms with Gasteiger partial charge in [0.2, 0.25) is 0 Å². The molecule has 0 fully saturated rings. The number of rotatable bonds is 11. The van der Waals surface area contributed by atoms with E-state index in [-0.39, 0.29) is 19.1 Å². The number of ether oxygens (including phenoxy) is 2. The first kappa shape index (κ1) is 25.9. The van der Waals surface area contributed by atoms with Crippen LogP contribution >= 0.6 is 0 Å². The summed E-state index contributed by atoms with van der Waals surface area (Å²) in [6, 6.07) is 31.5. The van der Waals surface area contributed by atoms with Crippen LogP contribution in [0.1, 0.15) is 30.0 Å². The standard InChI is InChI=1S/C30H30N2O5/c1-23(33)36-22-24(21-32-19-17-28(34)31-29(32)35)18-20-37-30(25-11-5-2-6-12-25,26-13-7-3-8-14-26)27-15-9-4-10-16-27/h2-17,19,24H,18,20-22H2,1H3,(H,31,34,35). The second-order valence-corrected chi connectivity index (χ2v) is 8.85. The van der Waals surface area contributed by atoms with Crippen LogP contribution in [0.25, 0.3) is 0 Å². The third-order valence-electron chi connectivity index (χ3n) is 6.26. The molecule has 7 heteroatoms. The summed E-state index contributed by atoms with van der Waals surface area (Å²) in [5.74, 6) is -0.612. The van der Waals surface area contributed by atoms with Crippen LogP contribution in [0.4, 0.5) is 0 Å². The highest BCUT2D eigenvalue weighted by molar-refractivity contribution is 5.65. The van der Waals surface area contributed by atoms with E-state index in [9.17, 15) is 14.4 Å². The van der Waals surface area contributed by atoms with Gasteiger partial charge in [0.25, 0.3) is 5.56 Å². The molecule has 7 nitrogen and oxygen atoms in total. The van der Waals surface area contributed by atoms with Crippen molar-refractivity contribution in [2.45, 2.75) is 25.5 Å². The molecule has 0 saturated carbocycles. The first-order valence-electron chi connectivity index (χ1n) is 12.2. The summed E-state index contributed by atoms with van der Waals surface area (Å²) in [5.41, 5.74) is 1.13. The van der Waals surface area contributed by atoms with Crippen LogP contribution in [-0.4, -0.2) is 28.7 Å². The van der Waals surface area contributed by atoms with E-state index in [1.165, 1.54) is 23.8 Å². The zero-order valence-corrected chi connectivity index (χ0v) is 20.7. The highest BCUT2D eigenvalue weighted by Gasteiger charge is 2.37. The number of carbonyl (C=O) groups excluding carboxylic acids is 1. The molecule has 0 aliphatic carbocycles. The highest BCUT2D eigenvalue weighted by Crippen LogP contribution is 2.40. The minimum absolute atomic E-state index is 0.124. The molecule has 190 valence electrons. The molecule has 4 aromatic rings. The van der Waals surface area contributed by atoms with Gasteiger partial charge >= 0.3 is 11.7 Å². The molecule has 1 aromatic heterocycles. The molecular weight excluding hydrogens is 468 g/mol. The number of benzene rings is 3. The van der Waals surface area contributed by atoms with Crippen LogP contribution in [0, 0.1) is 5.92 Å². The predicted octanol–water partition coefficient (Wildman–Crippen LogP) is 4.11. The van der Waals surface area contributed by atoms with Crippen molar-refractivity contribution in [3.05, 3.63) is 141 Å². The smallest absolute Gasteiger partial charge is 0.328 e. The van der Waals surface area contributed by atoms with Crippen molar-refractivity contribution in [2.75, 3.05) is 13.2 Å². The Morgan fingerprint density at radius 1 is 0.838 bits per heavy atom. The van der Waals surface area contributed by atoms with Gasteiger partial charge in [-0.05, 0) is 23.1 Å². The second kappa shape index (κ2) is 12.1. The van der Waals surface area contributed by atoms with Crippen molar-refractivity contribution in [2.24, 2.45) is 5.92 Å². The molecule has 0 radical (unpaired) electrons. The SMILES string of the molecule is CC(=O)OCC(CCOC(c1ccccc1)(c1ccccc1)c1ccccc1)Cn1ccc(=O)[nH]c1=O. The fourth-order valence-electron chi connectivity index (χ4n) is 4.48. The topological polar surface area (TPSA) is 90.4 Å². The molecule has 0 saturated heterocycles. The molecule has 37 heavy (non-hydrogen) atoms. The van der Waals surface area contributed by atoms with E-state index < -0.39 is 22.8 Å². The lowest BCUT2D eigenvalue weighted by atomic mass is 9.80. The summed E-state index contributed by atoms with van der Waals surface area (Å²) in [7, 11) is 0. The average molecular weight is 499 g/mol. The van der Waals surface area contributed by atoms with Crippen LogP contribution in [-0.2, 0) is 26.4 Å². The number of carbonyl (C=O) groups is 1. The lowest BCUT2D eigenvalue weighted by Gasteiger charge is -2.36. The Bertz CT molecular complexity index is 1300. The second-order valence-electron chi connectivity index (χ2n) is 8.85. The van der Waals surface area contributed by atoms with Crippen molar-refractivity contribution in [3.8, 4) is 0 Å². The van der Waals surface area contributed by atoms with Crippen LogP contribution in [0.2, 0.25) is 0 Å². The maximum atomic E-state index is 12.3. The van der Waals surface area contributed by atoms with Crippen molar-refractivity contribution >= 4 is 5.97 Å². The molecule has 1 heterocycles. The Morgan fingerprint density at radius 2 is 1.35 bits per heavy atom. The molecule has 1 N–H and O–H groups in total. The van der Waals surface area contributed by atoms with E-state index in [1.54, 1.807) is 0 Å². The van der Waals surface area contributed by atoms with Crippen molar-refractivity contribution < 1.29 is 14.3 Å². The van der Waals surface area contributed by atoms with E-state index >= 15 is 0 Å². The van der Waals surface area contributed by atoms with E-state index in [1.807, 2.05) is 54.6 Å². The number of esters is 1. The summed E-state index contributed by atoms with van der Waals surface area (Å²) in [6.07, 6.45) is 1.96. The van der Waals surface area contributed by atoms with Gasteiger partial charge in [-0.2, -0.15) is 0 Å². The summed E-state index contributed by atoms with van der Waals surface area (Å²) in [6.45, 7) is 2.06. The molecule has 4 rings (SSSR count). The van der Waals surface area contributed by atoms with Crippen LogP contribution in [0.3, 0.4) is 0 Å². The van der Waals surface area contributed by atoms with Gasteiger partial charge in [-0.3, -0.25) is 14.6 Å². The summed E-state index contributed by atoms with van der Waals surface area (Å²) < 4.78 is 13.5. The van der Waals surface area contributed by atoms with Gasteiger partial charge in [-0.1, -0.05) is 91.0 Å². The average Bonchev–Trinajstić information content (AvgIpc) is 2.92. The van der Waals surface area contributed by atoms with E-state index in [2.05, 4.69) is 41.4 Å². The number of hydrogen-bond acceptors (Lipinski definition) is 5. The van der Waals surface area contributed by atoms with Crippen molar-refractivity contribution in [3.63, 3.8) is 0 Å². The van der Waals surface area contributed by atoms with Crippen LogP contribution < -0.4 is 11.2 Å². The highest BCUT2D eigenvalue weighted by atomic mass is 16.5. The van der Waals surface area contributed by atoms with E-state index in [4.69, 9.17) is 9.47 Å². The minimum atomic E-state index is -0.870. The van der Waals surface area contributed by atoms with Crippen LogP contribution in [0.15, 0.2) is 113 Å². The van der Waals surface area contributed by atoms with Crippen molar-refractivity contribution in [1.29, 1.82) is 0 Å². The van der Waals surface area contributed by atoms with Crippen molar-refractivity contribution in [1.82, 2.24) is 9.55 Å². The van der Waals surface area contributed by atoms with Gasteiger partial charge in [-0.15, -0.1) is 0 Å². The maximum absolute atomic E-state index is 12.3. The molecular formula is C30H30N2O5. The number of aromatic nitrogens is 2. The number of aromatic amines is 1. The zero-order valence-electron chi connectivity index (χ0n) is 20.7.